The molecule has 7 N–H and O–H groups in total. The first-order valence-corrected chi connectivity index (χ1v) is 29.7. The molecule has 0 aliphatic carbocycles. The van der Waals surface area contributed by atoms with Crippen molar-refractivity contribution in [3.05, 3.63) is 108 Å². The smallest absolute Gasteiger partial charge is 0.462 e. The normalized spacial score (nSPS) is 19.9. The van der Waals surface area contributed by atoms with Crippen molar-refractivity contribution in [3.8, 4) is 0 Å². The molecule has 0 spiro atoms. The second-order valence-corrected chi connectivity index (χ2v) is 21.2. The number of hydrogen-bond donors (Lipinski definition) is 6. The number of carbonyl (C=O) groups is 2. The summed E-state index contributed by atoms with van der Waals surface area (Å²) in [5.41, 5.74) is 4.58. The predicted molar refractivity (Wildman–Crippen MR) is 290 cm³/mol. The lowest BCUT2D eigenvalue weighted by Gasteiger charge is -2.21. The number of nitrogen functional groups attached to an aromatic ring is 1. The molecule has 75 heavy (non-hydrogen) atoms. The number of aliphatic hydroxyl groups is 3. The monoisotopic (exact) mass is 1100 g/mol. The van der Waals surface area contributed by atoms with E-state index in [0.29, 0.717) is 25.7 Å². The topological polar surface area (TPSA) is 286 Å². The van der Waals surface area contributed by atoms with Crippen molar-refractivity contribution in [1.29, 1.82) is 0 Å². The Morgan fingerprint density at radius 2 is 1.31 bits per heavy atom. The Balaban J connectivity index is 1.83. The van der Waals surface area contributed by atoms with Gasteiger partial charge in [0.2, 0.25) is 0 Å². The summed E-state index contributed by atoms with van der Waals surface area (Å²) in [6.07, 6.45) is 41.4. The highest BCUT2D eigenvalue weighted by Gasteiger charge is 2.46. The van der Waals surface area contributed by atoms with Crippen LogP contribution in [0.15, 0.2) is 102 Å². The van der Waals surface area contributed by atoms with Crippen molar-refractivity contribution < 1.29 is 71.4 Å². The number of phosphoric acid groups is 2. The van der Waals surface area contributed by atoms with Gasteiger partial charge in [0.1, 0.15) is 30.7 Å². The molecule has 1 aromatic rings. The van der Waals surface area contributed by atoms with E-state index in [9.17, 15) is 48.6 Å². The van der Waals surface area contributed by atoms with E-state index in [4.69, 9.17) is 29.0 Å². The number of esters is 2. The summed E-state index contributed by atoms with van der Waals surface area (Å²) in [5.74, 6) is -1.43. The quantitative estimate of drug-likeness (QED) is 0.0116. The Kier molecular flexibility index (Phi) is 36.7. The minimum Gasteiger partial charge on any atom is -0.462 e. The molecule has 2 rings (SSSR count). The second-order valence-electron chi connectivity index (χ2n) is 18.2. The van der Waals surface area contributed by atoms with Gasteiger partial charge >= 0.3 is 33.3 Å². The number of hydrogen-bond acceptors (Lipinski definition) is 16. The van der Waals surface area contributed by atoms with E-state index in [1.54, 1.807) is 12.2 Å². The summed E-state index contributed by atoms with van der Waals surface area (Å²) in [6, 6.07) is 1.24. The van der Waals surface area contributed by atoms with Gasteiger partial charge in [-0.05, 0) is 76.7 Å². The van der Waals surface area contributed by atoms with Gasteiger partial charge in [-0.1, -0.05) is 163 Å². The number of allylic oxidation sites excluding steroid dienone is 12. The molecule has 424 valence electrons. The van der Waals surface area contributed by atoms with Gasteiger partial charge in [-0.3, -0.25) is 23.2 Å². The van der Waals surface area contributed by atoms with Crippen molar-refractivity contribution in [2.24, 2.45) is 0 Å². The maximum atomic E-state index is 12.9. The molecular formula is C54H87N3O16P2. The van der Waals surface area contributed by atoms with Crippen LogP contribution in [0.25, 0.3) is 0 Å². The van der Waals surface area contributed by atoms with E-state index in [1.807, 2.05) is 67.7 Å². The number of phosphoric ester groups is 2. The molecule has 0 amide bonds. The van der Waals surface area contributed by atoms with E-state index >= 15 is 0 Å². The second kappa shape index (κ2) is 41.1. The van der Waals surface area contributed by atoms with Gasteiger partial charge in [0, 0.05) is 19.0 Å². The van der Waals surface area contributed by atoms with E-state index < -0.39 is 89.8 Å². The average Bonchev–Trinajstić information content (AvgIpc) is 3.64. The number of ether oxygens (including phenoxy) is 3. The lowest BCUT2D eigenvalue weighted by molar-refractivity contribution is -0.161. The van der Waals surface area contributed by atoms with Crippen molar-refractivity contribution in [2.45, 2.75) is 198 Å². The number of aromatic nitrogens is 2. The highest BCUT2D eigenvalue weighted by molar-refractivity contribution is 7.61. The van der Waals surface area contributed by atoms with Crippen molar-refractivity contribution >= 4 is 33.4 Å². The number of rotatable bonds is 43. The summed E-state index contributed by atoms with van der Waals surface area (Å²) >= 11 is 0. The van der Waals surface area contributed by atoms with Crippen molar-refractivity contribution in [3.63, 3.8) is 0 Å². The number of anilines is 1. The fraction of sp³-hybridized carbons (Fsp3) is 0.630. The fourth-order valence-electron chi connectivity index (χ4n) is 7.42. The van der Waals surface area contributed by atoms with Gasteiger partial charge in [-0.25, -0.2) is 13.9 Å². The summed E-state index contributed by atoms with van der Waals surface area (Å²) in [5, 5.41) is 30.8. The summed E-state index contributed by atoms with van der Waals surface area (Å²) in [4.78, 5) is 62.0. The van der Waals surface area contributed by atoms with Gasteiger partial charge in [0.25, 0.3) is 0 Å². The predicted octanol–water partition coefficient (Wildman–Crippen LogP) is 10.4. The van der Waals surface area contributed by atoms with E-state index in [1.165, 1.54) is 44.6 Å². The van der Waals surface area contributed by atoms with Crippen molar-refractivity contribution in [2.75, 3.05) is 25.6 Å². The minimum atomic E-state index is -5.45. The van der Waals surface area contributed by atoms with Gasteiger partial charge in [0.05, 0.1) is 19.3 Å². The third-order valence-corrected chi connectivity index (χ3v) is 14.2. The lowest BCUT2D eigenvalue weighted by atomic mass is 10.1. The minimum absolute atomic E-state index is 0.0945. The fourth-order valence-corrected chi connectivity index (χ4v) is 9.53. The summed E-state index contributed by atoms with van der Waals surface area (Å²) < 4.78 is 56.7. The van der Waals surface area contributed by atoms with Gasteiger partial charge in [-0.2, -0.15) is 9.29 Å². The van der Waals surface area contributed by atoms with Crippen molar-refractivity contribution in [1.82, 2.24) is 9.55 Å². The Morgan fingerprint density at radius 3 is 1.95 bits per heavy atom. The van der Waals surface area contributed by atoms with Crippen LogP contribution < -0.4 is 11.4 Å². The number of carbonyl (C=O) groups excluding carboxylic acids is 2. The Hall–Kier alpha value is -4.10. The largest absolute Gasteiger partial charge is 0.481 e. The molecule has 0 aromatic carbocycles. The van der Waals surface area contributed by atoms with Crippen LogP contribution in [0.3, 0.4) is 0 Å². The molecule has 21 heteroatoms. The maximum Gasteiger partial charge on any atom is 0.481 e. The maximum absolute atomic E-state index is 12.9. The van der Waals surface area contributed by atoms with Crippen LogP contribution in [0.5, 0.6) is 0 Å². The van der Waals surface area contributed by atoms with E-state index in [-0.39, 0.29) is 18.7 Å². The molecule has 1 aromatic heterocycles. The van der Waals surface area contributed by atoms with E-state index in [2.05, 4.69) is 28.4 Å². The summed E-state index contributed by atoms with van der Waals surface area (Å²) in [6.45, 7) is 1.87. The first-order chi connectivity index (χ1) is 36.1. The highest BCUT2D eigenvalue weighted by Crippen LogP contribution is 2.60. The van der Waals surface area contributed by atoms with Crippen LogP contribution in [0, 0.1) is 0 Å². The average molecular weight is 1100 g/mol. The molecule has 1 aliphatic rings. The Labute approximate surface area is 444 Å². The highest BCUT2D eigenvalue weighted by atomic mass is 31.3. The van der Waals surface area contributed by atoms with Gasteiger partial charge in [0.15, 0.2) is 12.3 Å². The van der Waals surface area contributed by atoms with Crippen LogP contribution in [0.1, 0.15) is 168 Å². The molecule has 19 nitrogen and oxygen atoms in total. The third kappa shape index (κ3) is 33.6. The molecule has 0 radical (unpaired) electrons. The molecule has 1 fully saturated rings. The van der Waals surface area contributed by atoms with Crippen LogP contribution in [0.2, 0.25) is 0 Å². The molecule has 8 atom stereocenters. The number of nitrogens with two attached hydrogens (primary N) is 1. The lowest BCUT2D eigenvalue weighted by Crippen LogP contribution is -2.36. The van der Waals surface area contributed by atoms with Crippen LogP contribution >= 0.6 is 15.6 Å². The van der Waals surface area contributed by atoms with Gasteiger partial charge in [-0.15, -0.1) is 0 Å². The molecule has 0 saturated carbocycles. The standard InChI is InChI=1S/C54H87N3O16P2/c1-3-5-7-8-9-10-11-12-13-14-15-18-21-24-27-30-34-38-49(59)68-42-46(71-50(60)39-35-31-28-25-22-19-16-17-20-23-26-29-33-37-45(58)36-32-6-4-2)43-69-74(64,65)73-75(66,67)70-44-47-51(61)52(62)53(72-47)57-41-40-48(55)56-54(57)63/h6,12-13,17,19-20,22,26,28-29,31-33,37,40-41,45-47,51-53,58,61-62H,3-5,7-11,14-16,18,21,23-25,27,30,34-36,38-39,42-44H2,1-2H3,(H,64,65)(H,66,67)(H2,55,56,63)/b13-12-,20-17-,22-19-,29-26+,31-28-,32-6-,37-33+/t45?,46-,47-,51-,52-,53-/m1/s1. The molecule has 1 aliphatic heterocycles. The van der Waals surface area contributed by atoms with Crippen LogP contribution in [-0.2, 0) is 46.3 Å². The molecule has 1 saturated heterocycles. The van der Waals surface area contributed by atoms with E-state index in [0.717, 1.165) is 81.4 Å². The Bertz CT molecular complexity index is 2110. The SMILES string of the molecule is CC/C=C\CC(O)/C=C/C=C/C/C=C\C/C=C\C/C=C\CCC(=O)O[C@H](COC(=O)CCCCCCCCC/C=C\CCCCCCCC)COP(=O)(O)OP(=O)(O)OC[C@H]1O[C@@H](n2ccc(N)nc2=O)[C@H](O)[C@@H]1O. The first kappa shape index (κ1) is 67.0. The molecule has 0 bridgehead atoms. The number of aliphatic hydroxyl groups excluding tert-OH is 3. The molecular weight excluding hydrogens is 1010 g/mol. The number of nitrogens with zero attached hydrogens (tertiary/aromatic N) is 2. The zero-order valence-electron chi connectivity index (χ0n) is 44.2. The number of unbranched alkanes of at least 4 members (excludes halogenated alkanes) is 13. The van der Waals surface area contributed by atoms with Crippen LogP contribution in [-0.4, -0.2) is 96.9 Å². The summed E-state index contributed by atoms with van der Waals surface area (Å²) in [7, 11) is -10.9. The molecule has 3 unspecified atom stereocenters. The first-order valence-electron chi connectivity index (χ1n) is 26.7. The zero-order chi connectivity index (χ0) is 55.0. The van der Waals surface area contributed by atoms with Gasteiger partial charge < -0.3 is 45.1 Å². The molecule has 2 heterocycles. The third-order valence-electron chi connectivity index (χ3n) is 11.6. The Morgan fingerprint density at radius 1 is 0.720 bits per heavy atom. The zero-order valence-corrected chi connectivity index (χ0v) is 46.0. The van der Waals surface area contributed by atoms with Crippen LogP contribution in [0.4, 0.5) is 5.82 Å².